The summed E-state index contributed by atoms with van der Waals surface area (Å²) in [7, 11) is -3.85. The smallest absolute Gasteiger partial charge is 0.323 e. The van der Waals surface area contributed by atoms with Crippen molar-refractivity contribution in [3.05, 3.63) is 59.8 Å². The Kier molecular flexibility index (Phi) is 7.15. The topological polar surface area (TPSA) is 85.4 Å². The average molecular weight is 376 g/mol. The van der Waals surface area contributed by atoms with E-state index in [2.05, 4.69) is 21.8 Å². The van der Waals surface area contributed by atoms with Gasteiger partial charge in [-0.2, -0.15) is 0 Å². The van der Waals surface area contributed by atoms with Gasteiger partial charge in [-0.25, -0.2) is 13.4 Å². The van der Waals surface area contributed by atoms with Gasteiger partial charge in [-0.1, -0.05) is 43.3 Å². The van der Waals surface area contributed by atoms with Crippen LogP contribution in [0.2, 0.25) is 0 Å². The largest absolute Gasteiger partial charge is 0.465 e. The molecule has 2 aromatic rings. The van der Waals surface area contributed by atoms with Crippen molar-refractivity contribution in [2.24, 2.45) is 5.92 Å². The fraction of sp³-hybridized carbons (Fsp3) is 0.368. The second-order valence-corrected chi connectivity index (χ2v) is 8.06. The number of benzene rings is 1. The van der Waals surface area contributed by atoms with Crippen molar-refractivity contribution in [2.75, 3.05) is 17.1 Å². The predicted octanol–water partition coefficient (Wildman–Crippen LogP) is 2.94. The Labute approximate surface area is 154 Å². The molecule has 0 spiro atoms. The molecule has 26 heavy (non-hydrogen) atoms. The summed E-state index contributed by atoms with van der Waals surface area (Å²) in [6, 6.07) is 13.5. The number of aromatic nitrogens is 1. The molecule has 1 atom stereocenters. The molecule has 0 radical (unpaired) electrons. The minimum Gasteiger partial charge on any atom is -0.465 e. The zero-order valence-electron chi connectivity index (χ0n) is 15.0. The standard InChI is InChI=1S/C19H24N2O4S/c1-15(10-11-17-8-4-3-5-9-17)13-25-18(22)14-26(23,24)21-19-16(2)7-6-12-20-19/h3-9,12,15H,10-11,13-14H2,1-2H3,(H,20,21). The van der Waals surface area contributed by atoms with Crippen LogP contribution in [0.1, 0.15) is 24.5 Å². The summed E-state index contributed by atoms with van der Waals surface area (Å²) in [5.74, 6) is -1.13. The molecule has 6 nitrogen and oxygen atoms in total. The third-order valence-corrected chi connectivity index (χ3v) is 4.99. The number of pyridine rings is 1. The summed E-state index contributed by atoms with van der Waals surface area (Å²) >= 11 is 0. The van der Waals surface area contributed by atoms with Crippen molar-refractivity contribution in [3.8, 4) is 0 Å². The molecule has 1 N–H and O–H groups in total. The molecule has 0 aliphatic rings. The van der Waals surface area contributed by atoms with E-state index in [4.69, 9.17) is 4.74 Å². The van der Waals surface area contributed by atoms with Crippen LogP contribution in [0.3, 0.4) is 0 Å². The lowest BCUT2D eigenvalue weighted by Gasteiger charge is -2.13. The van der Waals surface area contributed by atoms with Gasteiger partial charge in [0.05, 0.1) is 6.61 Å². The maximum atomic E-state index is 12.1. The lowest BCUT2D eigenvalue weighted by molar-refractivity contribution is -0.141. The molecule has 0 fully saturated rings. The first-order valence-electron chi connectivity index (χ1n) is 8.47. The van der Waals surface area contributed by atoms with Gasteiger partial charge in [0.25, 0.3) is 0 Å². The highest BCUT2D eigenvalue weighted by Gasteiger charge is 2.19. The Morgan fingerprint density at radius 1 is 1.19 bits per heavy atom. The Bertz CT molecular complexity index is 822. The van der Waals surface area contributed by atoms with Crippen LogP contribution in [0.5, 0.6) is 0 Å². The highest BCUT2D eigenvalue weighted by atomic mass is 32.2. The maximum Gasteiger partial charge on any atom is 0.323 e. The van der Waals surface area contributed by atoms with E-state index < -0.39 is 21.7 Å². The van der Waals surface area contributed by atoms with Gasteiger partial charge >= 0.3 is 5.97 Å². The van der Waals surface area contributed by atoms with E-state index in [-0.39, 0.29) is 18.3 Å². The monoisotopic (exact) mass is 376 g/mol. The number of aryl methyl sites for hydroxylation is 2. The molecular formula is C19H24N2O4S. The van der Waals surface area contributed by atoms with Crippen LogP contribution in [-0.2, 0) is 26.0 Å². The van der Waals surface area contributed by atoms with Gasteiger partial charge in [-0.3, -0.25) is 9.52 Å². The van der Waals surface area contributed by atoms with Crippen molar-refractivity contribution in [1.29, 1.82) is 0 Å². The van der Waals surface area contributed by atoms with Crippen molar-refractivity contribution in [3.63, 3.8) is 0 Å². The summed E-state index contributed by atoms with van der Waals surface area (Å²) < 4.78 is 31.6. The summed E-state index contributed by atoms with van der Waals surface area (Å²) in [5, 5.41) is 0. The molecule has 0 aliphatic carbocycles. The number of nitrogens with zero attached hydrogens (tertiary/aromatic N) is 1. The van der Waals surface area contributed by atoms with Crippen LogP contribution in [0, 0.1) is 12.8 Å². The molecule has 0 saturated heterocycles. The molecule has 2 rings (SSSR count). The highest BCUT2D eigenvalue weighted by molar-refractivity contribution is 7.93. The zero-order valence-corrected chi connectivity index (χ0v) is 15.8. The summed E-state index contributed by atoms with van der Waals surface area (Å²) in [5.41, 5.74) is 1.90. The number of sulfonamides is 1. The van der Waals surface area contributed by atoms with Crippen LogP contribution in [0.25, 0.3) is 0 Å². The number of hydrogen-bond donors (Lipinski definition) is 1. The number of carbonyl (C=O) groups excluding carboxylic acids is 1. The van der Waals surface area contributed by atoms with Crippen LogP contribution < -0.4 is 4.72 Å². The summed E-state index contributed by atoms with van der Waals surface area (Å²) in [6.07, 6.45) is 3.23. The number of ether oxygens (including phenoxy) is 1. The third kappa shape index (κ3) is 6.84. The lowest BCUT2D eigenvalue weighted by Crippen LogP contribution is -2.26. The van der Waals surface area contributed by atoms with E-state index >= 15 is 0 Å². The van der Waals surface area contributed by atoms with Gasteiger partial charge < -0.3 is 4.74 Å². The van der Waals surface area contributed by atoms with E-state index in [1.807, 2.05) is 25.1 Å². The minimum atomic E-state index is -3.85. The van der Waals surface area contributed by atoms with Crippen molar-refractivity contribution in [1.82, 2.24) is 4.98 Å². The summed E-state index contributed by atoms with van der Waals surface area (Å²) in [6.45, 7) is 3.90. The average Bonchev–Trinajstić information content (AvgIpc) is 2.60. The summed E-state index contributed by atoms with van der Waals surface area (Å²) in [4.78, 5) is 15.8. The predicted molar refractivity (Wildman–Crippen MR) is 101 cm³/mol. The van der Waals surface area contributed by atoms with Crippen molar-refractivity contribution in [2.45, 2.75) is 26.7 Å². The van der Waals surface area contributed by atoms with Crippen LogP contribution in [0.4, 0.5) is 5.82 Å². The number of anilines is 1. The van der Waals surface area contributed by atoms with Crippen LogP contribution in [0.15, 0.2) is 48.7 Å². The fourth-order valence-corrected chi connectivity index (χ4v) is 3.32. The van der Waals surface area contributed by atoms with E-state index in [1.165, 1.54) is 11.8 Å². The Balaban J connectivity index is 1.76. The van der Waals surface area contributed by atoms with E-state index in [0.717, 1.165) is 12.8 Å². The molecule has 1 unspecified atom stereocenters. The second-order valence-electron chi connectivity index (χ2n) is 6.34. The number of nitrogens with one attached hydrogen (secondary N) is 1. The van der Waals surface area contributed by atoms with Gasteiger partial charge in [-0.05, 0) is 42.9 Å². The van der Waals surface area contributed by atoms with Gasteiger partial charge in [0.15, 0.2) is 5.75 Å². The molecular weight excluding hydrogens is 352 g/mol. The van der Waals surface area contributed by atoms with Crippen molar-refractivity contribution >= 4 is 21.8 Å². The third-order valence-electron chi connectivity index (χ3n) is 3.87. The van der Waals surface area contributed by atoms with Crippen LogP contribution in [-0.4, -0.2) is 31.7 Å². The van der Waals surface area contributed by atoms with Gasteiger partial charge in [0.2, 0.25) is 10.0 Å². The van der Waals surface area contributed by atoms with Gasteiger partial charge in [0.1, 0.15) is 5.82 Å². The molecule has 1 aromatic carbocycles. The number of rotatable bonds is 9. The van der Waals surface area contributed by atoms with Gasteiger partial charge in [-0.15, -0.1) is 0 Å². The fourth-order valence-electron chi connectivity index (χ4n) is 2.35. The first-order chi connectivity index (χ1) is 12.4. The maximum absolute atomic E-state index is 12.1. The lowest BCUT2D eigenvalue weighted by atomic mass is 10.0. The second kappa shape index (κ2) is 9.33. The SMILES string of the molecule is Cc1cccnc1NS(=O)(=O)CC(=O)OCC(C)CCc1ccccc1. The van der Waals surface area contributed by atoms with Gasteiger partial charge in [0, 0.05) is 6.20 Å². The van der Waals surface area contributed by atoms with E-state index in [9.17, 15) is 13.2 Å². The van der Waals surface area contributed by atoms with E-state index in [1.54, 1.807) is 19.1 Å². The quantitative estimate of drug-likeness (QED) is 0.680. The highest BCUT2D eigenvalue weighted by Crippen LogP contribution is 2.12. The molecule has 1 heterocycles. The Morgan fingerprint density at radius 3 is 2.62 bits per heavy atom. The molecule has 0 aliphatic heterocycles. The Hall–Kier alpha value is -2.41. The molecule has 0 saturated carbocycles. The normalized spacial score (nSPS) is 12.4. The molecule has 0 amide bonds. The molecule has 7 heteroatoms. The first-order valence-corrected chi connectivity index (χ1v) is 10.1. The molecule has 1 aromatic heterocycles. The van der Waals surface area contributed by atoms with E-state index in [0.29, 0.717) is 5.56 Å². The number of carbonyl (C=O) groups is 1. The minimum absolute atomic E-state index is 0.146. The van der Waals surface area contributed by atoms with Crippen molar-refractivity contribution < 1.29 is 17.9 Å². The zero-order chi connectivity index (χ0) is 19.0. The first kappa shape index (κ1) is 19.9. The Morgan fingerprint density at radius 2 is 1.92 bits per heavy atom. The molecule has 140 valence electrons. The number of hydrogen-bond acceptors (Lipinski definition) is 5. The molecule has 0 bridgehead atoms. The van der Waals surface area contributed by atoms with Crippen LogP contribution >= 0.6 is 0 Å². The number of esters is 1.